The van der Waals surface area contributed by atoms with E-state index in [1.807, 2.05) is 6.20 Å². The summed E-state index contributed by atoms with van der Waals surface area (Å²) in [5, 5.41) is 1.23. The lowest BCUT2D eigenvalue weighted by Crippen LogP contribution is -2.56. The van der Waals surface area contributed by atoms with Crippen LogP contribution in [0.2, 0.25) is 0 Å². The molecule has 4 aliphatic rings. The van der Waals surface area contributed by atoms with Crippen molar-refractivity contribution in [2.45, 2.75) is 44.6 Å². The van der Waals surface area contributed by atoms with Crippen LogP contribution in [0.25, 0.3) is 10.9 Å². The average Bonchev–Trinajstić information content (AvgIpc) is 2.85. The molecule has 5 atom stereocenters. The van der Waals surface area contributed by atoms with Crippen molar-refractivity contribution in [3.8, 4) is 0 Å². The maximum absolute atomic E-state index is 11.6. The molecule has 3 aliphatic heterocycles. The second-order valence-corrected chi connectivity index (χ2v) is 7.49. The van der Waals surface area contributed by atoms with Gasteiger partial charge in [0.05, 0.1) is 5.52 Å². The molecule has 22 heavy (non-hydrogen) atoms. The third-order valence-electron chi connectivity index (χ3n) is 6.42. The van der Waals surface area contributed by atoms with E-state index in [0.29, 0.717) is 12.0 Å². The first-order chi connectivity index (χ1) is 10.7. The Bertz CT molecular complexity index is 789. The van der Waals surface area contributed by atoms with Gasteiger partial charge in [0.2, 0.25) is 5.56 Å². The summed E-state index contributed by atoms with van der Waals surface area (Å²) in [6.07, 6.45) is 7.06. The Morgan fingerprint density at radius 2 is 2.27 bits per heavy atom. The number of fused-ring (bicyclic) bond motifs is 4. The molecule has 5 unspecified atom stereocenters. The zero-order chi connectivity index (χ0) is 14.8. The van der Waals surface area contributed by atoms with Gasteiger partial charge in [-0.15, -0.1) is 0 Å². The van der Waals surface area contributed by atoms with Gasteiger partial charge >= 0.3 is 0 Å². The second kappa shape index (κ2) is 4.48. The number of hydrogen-bond donors (Lipinski definition) is 2. The van der Waals surface area contributed by atoms with Crippen LogP contribution >= 0.6 is 0 Å². The first kappa shape index (κ1) is 12.9. The molecule has 2 N–H and O–H groups in total. The quantitative estimate of drug-likeness (QED) is 0.850. The fourth-order valence-corrected chi connectivity index (χ4v) is 5.61. The molecule has 116 valence electrons. The molecule has 1 aliphatic carbocycles. The summed E-state index contributed by atoms with van der Waals surface area (Å²) in [7, 11) is 0. The Kier molecular flexibility index (Phi) is 2.63. The molecule has 2 aromatic rings. The molecule has 0 amide bonds. The molecule has 4 bridgehead atoms. The van der Waals surface area contributed by atoms with Crippen molar-refractivity contribution in [1.29, 1.82) is 0 Å². The number of aromatic amines is 2. The van der Waals surface area contributed by atoms with E-state index in [2.05, 4.69) is 21.8 Å². The number of nitrogens with one attached hydrogen (secondary N) is 2. The summed E-state index contributed by atoms with van der Waals surface area (Å²) >= 11 is 0. The number of pyridine rings is 1. The fourth-order valence-electron chi connectivity index (χ4n) is 5.61. The van der Waals surface area contributed by atoms with Crippen LogP contribution < -0.4 is 5.56 Å². The van der Waals surface area contributed by atoms with Gasteiger partial charge in [-0.3, -0.25) is 9.69 Å². The van der Waals surface area contributed by atoms with Crippen LogP contribution in [0.15, 0.2) is 17.1 Å². The van der Waals surface area contributed by atoms with Crippen LogP contribution in [0.5, 0.6) is 0 Å². The Labute approximate surface area is 129 Å². The summed E-state index contributed by atoms with van der Waals surface area (Å²) in [4.78, 5) is 20.9. The first-order valence-electron chi connectivity index (χ1n) is 8.71. The Balaban J connectivity index is 1.70. The number of H-pyrrole nitrogens is 2. The topological polar surface area (TPSA) is 51.9 Å². The van der Waals surface area contributed by atoms with E-state index in [-0.39, 0.29) is 5.56 Å². The average molecular weight is 297 g/mol. The van der Waals surface area contributed by atoms with Gasteiger partial charge in [0.1, 0.15) is 0 Å². The zero-order valence-corrected chi connectivity index (χ0v) is 13.1. The predicted octanol–water partition coefficient (Wildman–Crippen LogP) is 2.62. The van der Waals surface area contributed by atoms with E-state index in [0.717, 1.165) is 23.8 Å². The highest BCUT2D eigenvalue weighted by Gasteiger charge is 2.48. The molecular weight excluding hydrogens is 274 g/mol. The van der Waals surface area contributed by atoms with Gasteiger partial charge in [0, 0.05) is 48.4 Å². The highest BCUT2D eigenvalue weighted by molar-refractivity contribution is 5.84. The minimum Gasteiger partial charge on any atom is -0.358 e. The van der Waals surface area contributed by atoms with E-state index >= 15 is 0 Å². The predicted molar refractivity (Wildman–Crippen MR) is 87.2 cm³/mol. The molecule has 2 saturated heterocycles. The summed E-state index contributed by atoms with van der Waals surface area (Å²) in [5.41, 5.74) is 3.91. The molecule has 1 saturated carbocycles. The minimum absolute atomic E-state index is 0.0119. The number of hydrogen-bond acceptors (Lipinski definition) is 2. The van der Waals surface area contributed by atoms with Gasteiger partial charge in [-0.05, 0) is 36.7 Å². The van der Waals surface area contributed by atoms with Crippen LogP contribution in [0, 0.1) is 11.8 Å². The third kappa shape index (κ3) is 1.64. The number of aromatic nitrogens is 2. The maximum atomic E-state index is 11.6. The lowest BCUT2D eigenvalue weighted by molar-refractivity contribution is -0.0134. The van der Waals surface area contributed by atoms with Gasteiger partial charge in [-0.1, -0.05) is 13.3 Å². The zero-order valence-electron chi connectivity index (χ0n) is 13.1. The molecule has 6 rings (SSSR count). The Morgan fingerprint density at radius 3 is 3.14 bits per heavy atom. The maximum Gasteiger partial charge on any atom is 0.250 e. The van der Waals surface area contributed by atoms with E-state index in [1.165, 1.54) is 49.0 Å². The third-order valence-corrected chi connectivity index (χ3v) is 6.42. The molecule has 0 spiro atoms. The molecule has 0 radical (unpaired) electrons. The smallest absolute Gasteiger partial charge is 0.250 e. The second-order valence-electron chi connectivity index (χ2n) is 7.49. The molecule has 2 aromatic heterocycles. The summed E-state index contributed by atoms with van der Waals surface area (Å²) in [6, 6.07) is 2.43. The van der Waals surface area contributed by atoms with E-state index in [1.54, 1.807) is 6.07 Å². The fraction of sp³-hybridized carbons (Fsp3) is 0.611. The monoisotopic (exact) mass is 297 g/mol. The Morgan fingerprint density at radius 1 is 1.36 bits per heavy atom. The molecule has 4 heteroatoms. The SMILES string of the molecule is CCC1CC2CC3c4[nH]c5cc(=O)[nH]cc5c4CCN(C2)C13. The molecule has 0 aromatic carbocycles. The van der Waals surface area contributed by atoms with Gasteiger partial charge < -0.3 is 9.97 Å². The highest BCUT2D eigenvalue weighted by atomic mass is 16.1. The normalized spacial score (nSPS) is 36.3. The first-order valence-corrected chi connectivity index (χ1v) is 8.71. The Hall–Kier alpha value is -1.55. The van der Waals surface area contributed by atoms with Crippen LogP contribution in [-0.2, 0) is 6.42 Å². The van der Waals surface area contributed by atoms with Crippen molar-refractivity contribution in [2.24, 2.45) is 11.8 Å². The van der Waals surface area contributed by atoms with Crippen LogP contribution in [0.1, 0.15) is 43.4 Å². The lowest BCUT2D eigenvalue weighted by Gasteiger charge is -2.53. The minimum atomic E-state index is -0.0119. The number of nitrogens with zero attached hydrogens (tertiary/aromatic N) is 1. The van der Waals surface area contributed by atoms with Crippen LogP contribution in [0.4, 0.5) is 0 Å². The standard InChI is InChI=1S/C18H23N3O/c1-2-11-5-10-6-13-17-12(3-4-21(9-10)18(11)13)14-8-19-16(22)7-15(14)20-17/h7-8,10-11,13,18,20H,2-6,9H2,1H3,(H,19,22). The number of rotatable bonds is 1. The summed E-state index contributed by atoms with van der Waals surface area (Å²) in [5.74, 6) is 2.34. The van der Waals surface area contributed by atoms with Crippen LogP contribution in [-0.4, -0.2) is 34.0 Å². The van der Waals surface area contributed by atoms with Crippen molar-refractivity contribution in [2.75, 3.05) is 13.1 Å². The number of piperidine rings is 2. The van der Waals surface area contributed by atoms with E-state index in [9.17, 15) is 4.79 Å². The molecule has 4 nitrogen and oxygen atoms in total. The van der Waals surface area contributed by atoms with E-state index < -0.39 is 0 Å². The lowest BCUT2D eigenvalue weighted by atomic mass is 9.65. The van der Waals surface area contributed by atoms with Crippen molar-refractivity contribution < 1.29 is 0 Å². The van der Waals surface area contributed by atoms with Gasteiger partial charge in [-0.25, -0.2) is 0 Å². The largest absolute Gasteiger partial charge is 0.358 e. The molecule has 5 heterocycles. The summed E-state index contributed by atoms with van der Waals surface area (Å²) in [6.45, 7) is 4.83. The van der Waals surface area contributed by atoms with Crippen molar-refractivity contribution in [3.05, 3.63) is 33.9 Å². The highest BCUT2D eigenvalue weighted by Crippen LogP contribution is 2.50. The van der Waals surface area contributed by atoms with Gasteiger partial charge in [0.15, 0.2) is 0 Å². The van der Waals surface area contributed by atoms with E-state index in [4.69, 9.17) is 0 Å². The van der Waals surface area contributed by atoms with Gasteiger partial charge in [0.25, 0.3) is 0 Å². The van der Waals surface area contributed by atoms with Crippen molar-refractivity contribution in [3.63, 3.8) is 0 Å². The summed E-state index contributed by atoms with van der Waals surface area (Å²) < 4.78 is 0. The van der Waals surface area contributed by atoms with Crippen molar-refractivity contribution in [1.82, 2.24) is 14.9 Å². The molecule has 3 fully saturated rings. The van der Waals surface area contributed by atoms with Crippen molar-refractivity contribution >= 4 is 10.9 Å². The van der Waals surface area contributed by atoms with Crippen LogP contribution in [0.3, 0.4) is 0 Å². The molecular formula is C18H23N3O. The van der Waals surface area contributed by atoms with Gasteiger partial charge in [-0.2, -0.15) is 0 Å².